The van der Waals surface area contributed by atoms with Gasteiger partial charge in [-0.3, -0.25) is 4.79 Å². The van der Waals surface area contributed by atoms with Crippen LogP contribution < -0.4 is 10.1 Å². The van der Waals surface area contributed by atoms with Crippen molar-refractivity contribution < 1.29 is 9.53 Å². The van der Waals surface area contributed by atoms with E-state index in [0.717, 1.165) is 29.7 Å². The molecule has 0 unspecified atom stereocenters. The summed E-state index contributed by atoms with van der Waals surface area (Å²) in [7, 11) is 0. The van der Waals surface area contributed by atoms with E-state index in [2.05, 4.69) is 9.88 Å². The molecule has 1 amide bonds. The van der Waals surface area contributed by atoms with Gasteiger partial charge in [0.2, 0.25) is 5.91 Å². The maximum absolute atomic E-state index is 12.4. The molecule has 0 spiro atoms. The van der Waals surface area contributed by atoms with Crippen LogP contribution in [0.1, 0.15) is 32.5 Å². The summed E-state index contributed by atoms with van der Waals surface area (Å²) in [5.41, 5.74) is 1.93. The molecule has 0 fully saturated rings. The maximum atomic E-state index is 12.4. The highest BCUT2D eigenvalue weighted by Gasteiger charge is 2.16. The van der Waals surface area contributed by atoms with Gasteiger partial charge in [-0.05, 0) is 37.1 Å². The van der Waals surface area contributed by atoms with Gasteiger partial charge in [0.15, 0.2) is 0 Å². The topological polar surface area (TPSA) is 56.2 Å². The number of carbonyl (C=O) groups is 1. The van der Waals surface area contributed by atoms with E-state index in [-0.39, 0.29) is 11.8 Å². The van der Waals surface area contributed by atoms with Crippen LogP contribution >= 0.6 is 11.6 Å². The lowest BCUT2D eigenvalue weighted by molar-refractivity contribution is -0.125. The smallest absolute Gasteiger partial charge is 0.223 e. The summed E-state index contributed by atoms with van der Waals surface area (Å²) in [6, 6.07) is 15.4. The lowest BCUT2D eigenvalue weighted by Gasteiger charge is -2.14. The van der Waals surface area contributed by atoms with Crippen molar-refractivity contribution in [2.24, 2.45) is 5.92 Å². The standard InChI is InChI=1S/C22H26ClN3O2/c1-3-16(4-2)22(27)24-15-21-25-18-10-6-7-11-19(18)26(21)13-14-28-20-12-8-5-9-17(20)23/h5-12,16H,3-4,13-15H2,1-2H3,(H,24,27). The summed E-state index contributed by atoms with van der Waals surface area (Å²) in [6.45, 7) is 5.54. The summed E-state index contributed by atoms with van der Waals surface area (Å²) < 4.78 is 7.94. The van der Waals surface area contributed by atoms with E-state index in [4.69, 9.17) is 21.3 Å². The average molecular weight is 400 g/mol. The van der Waals surface area contributed by atoms with Crippen molar-refractivity contribution in [2.45, 2.75) is 39.8 Å². The van der Waals surface area contributed by atoms with Crippen molar-refractivity contribution in [1.29, 1.82) is 0 Å². The SMILES string of the molecule is CCC(CC)C(=O)NCc1nc2ccccc2n1CCOc1ccccc1Cl. The first-order chi connectivity index (χ1) is 13.6. The van der Waals surface area contributed by atoms with Crippen molar-refractivity contribution in [1.82, 2.24) is 14.9 Å². The molecule has 0 saturated carbocycles. The first-order valence-corrected chi connectivity index (χ1v) is 10.1. The molecule has 1 N–H and O–H groups in total. The molecule has 0 saturated heterocycles. The summed E-state index contributed by atoms with van der Waals surface area (Å²) in [5, 5.41) is 3.63. The third-order valence-corrected chi connectivity index (χ3v) is 5.23. The number of amides is 1. The van der Waals surface area contributed by atoms with Gasteiger partial charge >= 0.3 is 0 Å². The number of hydrogen-bond acceptors (Lipinski definition) is 3. The second-order valence-corrected chi connectivity index (χ2v) is 7.09. The Kier molecular flexibility index (Phi) is 6.93. The van der Waals surface area contributed by atoms with Gasteiger partial charge in [-0.1, -0.05) is 49.7 Å². The molecule has 2 aromatic carbocycles. The number of hydrogen-bond donors (Lipinski definition) is 1. The molecule has 0 aliphatic heterocycles. The molecule has 148 valence electrons. The number of ether oxygens (including phenoxy) is 1. The molecule has 0 aliphatic rings. The summed E-state index contributed by atoms with van der Waals surface area (Å²) >= 11 is 6.16. The Balaban J connectivity index is 1.73. The van der Waals surface area contributed by atoms with Crippen LogP contribution in [0.5, 0.6) is 5.75 Å². The largest absolute Gasteiger partial charge is 0.490 e. The number of imidazole rings is 1. The van der Waals surface area contributed by atoms with Crippen molar-refractivity contribution >= 4 is 28.5 Å². The highest BCUT2D eigenvalue weighted by atomic mass is 35.5. The fourth-order valence-corrected chi connectivity index (χ4v) is 3.48. The number of fused-ring (bicyclic) bond motifs is 1. The van der Waals surface area contributed by atoms with E-state index in [1.807, 2.05) is 62.4 Å². The summed E-state index contributed by atoms with van der Waals surface area (Å²) in [4.78, 5) is 17.1. The molecule has 0 radical (unpaired) electrons. The van der Waals surface area contributed by atoms with Gasteiger partial charge in [0.1, 0.15) is 18.2 Å². The van der Waals surface area contributed by atoms with Gasteiger partial charge in [-0.25, -0.2) is 4.98 Å². The Bertz CT molecular complexity index is 934. The van der Waals surface area contributed by atoms with Gasteiger partial charge in [-0.15, -0.1) is 0 Å². The molecule has 0 aliphatic carbocycles. The highest BCUT2D eigenvalue weighted by molar-refractivity contribution is 6.32. The number of carbonyl (C=O) groups excluding carboxylic acids is 1. The van der Waals surface area contributed by atoms with Gasteiger partial charge < -0.3 is 14.6 Å². The molecule has 3 rings (SSSR count). The van der Waals surface area contributed by atoms with E-state index < -0.39 is 0 Å². The maximum Gasteiger partial charge on any atom is 0.223 e. The lowest BCUT2D eigenvalue weighted by atomic mass is 10.0. The third kappa shape index (κ3) is 4.65. The van der Waals surface area contributed by atoms with Crippen LogP contribution in [0.15, 0.2) is 48.5 Å². The van der Waals surface area contributed by atoms with Gasteiger partial charge in [0.25, 0.3) is 0 Å². The highest BCUT2D eigenvalue weighted by Crippen LogP contribution is 2.23. The predicted octanol–water partition coefficient (Wildman–Crippen LogP) is 4.82. The van der Waals surface area contributed by atoms with E-state index in [9.17, 15) is 4.79 Å². The Hall–Kier alpha value is -2.53. The van der Waals surface area contributed by atoms with Crippen LogP contribution in [0.4, 0.5) is 0 Å². The van der Waals surface area contributed by atoms with Crippen LogP contribution in [0.25, 0.3) is 11.0 Å². The van der Waals surface area contributed by atoms with Crippen molar-refractivity contribution in [3.05, 3.63) is 59.4 Å². The van der Waals surface area contributed by atoms with Crippen molar-refractivity contribution in [3.8, 4) is 5.75 Å². The number of para-hydroxylation sites is 3. The molecule has 1 aromatic heterocycles. The minimum Gasteiger partial charge on any atom is -0.490 e. The second-order valence-electron chi connectivity index (χ2n) is 6.68. The Labute approximate surface area is 170 Å². The van der Waals surface area contributed by atoms with Crippen LogP contribution in [0.2, 0.25) is 5.02 Å². The van der Waals surface area contributed by atoms with Crippen LogP contribution in [-0.4, -0.2) is 22.1 Å². The monoisotopic (exact) mass is 399 g/mol. The zero-order valence-electron chi connectivity index (χ0n) is 16.3. The van der Waals surface area contributed by atoms with Crippen LogP contribution in [-0.2, 0) is 17.9 Å². The fourth-order valence-electron chi connectivity index (χ4n) is 3.29. The fraction of sp³-hybridized carbons (Fsp3) is 0.364. The molecule has 1 heterocycles. The minimum atomic E-state index is 0.0429. The predicted molar refractivity (Wildman–Crippen MR) is 113 cm³/mol. The molecule has 0 atom stereocenters. The molecular weight excluding hydrogens is 374 g/mol. The molecule has 6 heteroatoms. The first kappa shape index (κ1) is 20.2. The quantitative estimate of drug-likeness (QED) is 0.561. The minimum absolute atomic E-state index is 0.0429. The number of nitrogens with zero attached hydrogens (tertiary/aromatic N) is 2. The summed E-state index contributed by atoms with van der Waals surface area (Å²) in [6.07, 6.45) is 1.68. The van der Waals surface area contributed by atoms with Crippen molar-refractivity contribution in [2.75, 3.05) is 6.61 Å². The Morgan fingerprint density at radius 1 is 1.14 bits per heavy atom. The Morgan fingerprint density at radius 3 is 2.61 bits per heavy atom. The molecule has 0 bridgehead atoms. The van der Waals surface area contributed by atoms with E-state index in [1.54, 1.807) is 0 Å². The Morgan fingerprint density at radius 2 is 1.86 bits per heavy atom. The first-order valence-electron chi connectivity index (χ1n) is 9.73. The van der Waals surface area contributed by atoms with Gasteiger partial charge in [-0.2, -0.15) is 0 Å². The van der Waals surface area contributed by atoms with E-state index in [0.29, 0.717) is 30.5 Å². The third-order valence-electron chi connectivity index (χ3n) is 4.92. The number of rotatable bonds is 9. The molecule has 28 heavy (non-hydrogen) atoms. The van der Waals surface area contributed by atoms with E-state index >= 15 is 0 Å². The molecule has 5 nitrogen and oxygen atoms in total. The number of benzene rings is 2. The molecule has 3 aromatic rings. The second kappa shape index (κ2) is 9.60. The number of halogens is 1. The normalized spacial score (nSPS) is 11.1. The van der Waals surface area contributed by atoms with Crippen LogP contribution in [0, 0.1) is 5.92 Å². The van der Waals surface area contributed by atoms with Gasteiger partial charge in [0, 0.05) is 5.92 Å². The zero-order chi connectivity index (χ0) is 19.9. The molecular formula is C22H26ClN3O2. The average Bonchev–Trinajstić information content (AvgIpc) is 3.06. The van der Waals surface area contributed by atoms with Crippen molar-refractivity contribution in [3.63, 3.8) is 0 Å². The van der Waals surface area contributed by atoms with E-state index in [1.165, 1.54) is 0 Å². The number of aromatic nitrogens is 2. The van der Waals surface area contributed by atoms with Gasteiger partial charge in [0.05, 0.1) is 29.1 Å². The van der Waals surface area contributed by atoms with Crippen LogP contribution in [0.3, 0.4) is 0 Å². The lowest BCUT2D eigenvalue weighted by Crippen LogP contribution is -2.31. The zero-order valence-corrected chi connectivity index (χ0v) is 17.1. The number of nitrogens with one attached hydrogen (secondary N) is 1. The summed E-state index contributed by atoms with van der Waals surface area (Å²) in [5.74, 6) is 1.61.